The van der Waals surface area contributed by atoms with Crippen LogP contribution in [0.2, 0.25) is 0 Å². The van der Waals surface area contributed by atoms with E-state index in [1.807, 2.05) is 41.3 Å². The van der Waals surface area contributed by atoms with Gasteiger partial charge < -0.3 is 15.4 Å². The first-order valence-electron chi connectivity index (χ1n) is 8.82. The summed E-state index contributed by atoms with van der Waals surface area (Å²) in [6.07, 6.45) is 1.51. The molecule has 1 aliphatic rings. The third kappa shape index (κ3) is 4.29. The summed E-state index contributed by atoms with van der Waals surface area (Å²) >= 11 is 0. The zero-order valence-electron chi connectivity index (χ0n) is 15.0. The molecule has 1 heterocycles. The second-order valence-corrected chi connectivity index (χ2v) is 6.67. The molecule has 0 spiro atoms. The number of aryl methyl sites for hydroxylation is 1. The van der Waals surface area contributed by atoms with Crippen molar-refractivity contribution < 1.29 is 14.3 Å². The SMILES string of the molecule is COC(=O)CCc1ccc(CC(N)C(=O)N2Cc3ccccc3C2)cc1. The number of carbonyl (C=O) groups excluding carboxylic acids is 2. The van der Waals surface area contributed by atoms with E-state index in [1.165, 1.54) is 18.2 Å². The fourth-order valence-electron chi connectivity index (χ4n) is 3.26. The number of nitrogens with two attached hydrogens (primary N) is 1. The highest BCUT2D eigenvalue weighted by atomic mass is 16.5. The van der Waals surface area contributed by atoms with Gasteiger partial charge in [0.2, 0.25) is 5.91 Å². The van der Waals surface area contributed by atoms with Crippen LogP contribution < -0.4 is 5.73 Å². The highest BCUT2D eigenvalue weighted by Crippen LogP contribution is 2.23. The van der Waals surface area contributed by atoms with Crippen LogP contribution in [0.25, 0.3) is 0 Å². The number of ether oxygens (including phenoxy) is 1. The topological polar surface area (TPSA) is 72.6 Å². The highest BCUT2D eigenvalue weighted by molar-refractivity contribution is 5.82. The Balaban J connectivity index is 1.54. The minimum Gasteiger partial charge on any atom is -0.469 e. The summed E-state index contributed by atoms with van der Waals surface area (Å²) in [7, 11) is 1.39. The van der Waals surface area contributed by atoms with Gasteiger partial charge in [-0.3, -0.25) is 9.59 Å². The number of esters is 1. The normalized spacial score (nSPS) is 14.0. The molecule has 1 amide bonds. The number of benzene rings is 2. The molecule has 0 radical (unpaired) electrons. The summed E-state index contributed by atoms with van der Waals surface area (Å²) in [5, 5.41) is 0. The number of fused-ring (bicyclic) bond motifs is 1. The molecule has 3 rings (SSSR count). The zero-order chi connectivity index (χ0) is 18.5. The molecule has 5 nitrogen and oxygen atoms in total. The number of nitrogens with zero attached hydrogens (tertiary/aromatic N) is 1. The molecule has 0 fully saturated rings. The average Bonchev–Trinajstić information content (AvgIpc) is 3.10. The monoisotopic (exact) mass is 352 g/mol. The molecule has 26 heavy (non-hydrogen) atoms. The molecular weight excluding hydrogens is 328 g/mol. The quantitative estimate of drug-likeness (QED) is 0.809. The van der Waals surface area contributed by atoms with E-state index in [4.69, 9.17) is 5.73 Å². The lowest BCUT2D eigenvalue weighted by Crippen LogP contribution is -2.42. The van der Waals surface area contributed by atoms with Crippen LogP contribution in [-0.2, 0) is 40.3 Å². The Morgan fingerprint density at radius 2 is 1.62 bits per heavy atom. The number of methoxy groups -OCH3 is 1. The van der Waals surface area contributed by atoms with E-state index >= 15 is 0 Å². The van der Waals surface area contributed by atoms with E-state index in [0.717, 1.165) is 11.1 Å². The fourth-order valence-corrected chi connectivity index (χ4v) is 3.26. The standard InChI is InChI=1S/C21H24N2O3/c1-26-20(24)11-10-15-6-8-16(9-7-15)12-19(22)21(25)23-13-17-4-2-3-5-18(17)14-23/h2-9,19H,10-14,22H2,1H3. The van der Waals surface area contributed by atoms with Crippen molar-refractivity contribution in [1.82, 2.24) is 4.90 Å². The first kappa shape index (κ1) is 18.1. The van der Waals surface area contributed by atoms with Gasteiger partial charge in [-0.25, -0.2) is 0 Å². The summed E-state index contributed by atoms with van der Waals surface area (Å²) in [6, 6.07) is 15.4. The average molecular weight is 352 g/mol. The van der Waals surface area contributed by atoms with Gasteiger partial charge in [0.05, 0.1) is 13.2 Å². The summed E-state index contributed by atoms with van der Waals surface area (Å²) < 4.78 is 4.65. The predicted octanol–water partition coefficient (Wildman–Crippen LogP) is 2.20. The van der Waals surface area contributed by atoms with Crippen LogP contribution in [0.5, 0.6) is 0 Å². The first-order chi connectivity index (χ1) is 12.6. The summed E-state index contributed by atoms with van der Waals surface area (Å²) in [6.45, 7) is 1.27. The molecule has 1 aliphatic heterocycles. The van der Waals surface area contributed by atoms with E-state index in [-0.39, 0.29) is 11.9 Å². The van der Waals surface area contributed by atoms with Gasteiger partial charge in [0.1, 0.15) is 0 Å². The Hall–Kier alpha value is -2.66. The smallest absolute Gasteiger partial charge is 0.305 e. The van der Waals surface area contributed by atoms with E-state index in [9.17, 15) is 9.59 Å². The number of rotatable bonds is 6. The number of amides is 1. The molecule has 2 aromatic rings. The molecule has 2 N–H and O–H groups in total. The highest BCUT2D eigenvalue weighted by Gasteiger charge is 2.26. The van der Waals surface area contributed by atoms with Gasteiger partial charge in [-0.2, -0.15) is 0 Å². The minimum atomic E-state index is -0.551. The van der Waals surface area contributed by atoms with Crippen LogP contribution in [0, 0.1) is 0 Å². The summed E-state index contributed by atoms with van der Waals surface area (Å²) in [5.74, 6) is -0.232. The largest absolute Gasteiger partial charge is 0.469 e. The van der Waals surface area contributed by atoms with E-state index in [1.54, 1.807) is 0 Å². The zero-order valence-corrected chi connectivity index (χ0v) is 15.0. The maximum Gasteiger partial charge on any atom is 0.305 e. The van der Waals surface area contributed by atoms with Gasteiger partial charge >= 0.3 is 5.97 Å². The molecule has 5 heteroatoms. The third-order valence-electron chi connectivity index (χ3n) is 4.79. The summed E-state index contributed by atoms with van der Waals surface area (Å²) in [5.41, 5.74) is 10.6. The lowest BCUT2D eigenvalue weighted by molar-refractivity contribution is -0.140. The molecule has 136 valence electrons. The van der Waals surface area contributed by atoms with Gasteiger partial charge in [0, 0.05) is 19.5 Å². The molecule has 1 atom stereocenters. The van der Waals surface area contributed by atoms with Crippen LogP contribution in [0.3, 0.4) is 0 Å². The Bertz CT molecular complexity index is 761. The number of hydrogen-bond acceptors (Lipinski definition) is 4. The third-order valence-corrected chi connectivity index (χ3v) is 4.79. The van der Waals surface area contributed by atoms with Crippen molar-refractivity contribution in [2.45, 2.75) is 38.4 Å². The maximum absolute atomic E-state index is 12.6. The van der Waals surface area contributed by atoms with Crippen LogP contribution in [0.4, 0.5) is 0 Å². The molecule has 0 aliphatic carbocycles. The van der Waals surface area contributed by atoms with Gasteiger partial charge in [-0.1, -0.05) is 48.5 Å². The summed E-state index contributed by atoms with van der Waals surface area (Å²) in [4.78, 5) is 25.7. The lowest BCUT2D eigenvalue weighted by Gasteiger charge is -2.20. The minimum absolute atomic E-state index is 0.0176. The molecule has 0 saturated heterocycles. The van der Waals surface area contributed by atoms with Crippen LogP contribution in [-0.4, -0.2) is 29.9 Å². The lowest BCUT2D eigenvalue weighted by atomic mass is 10.0. The van der Waals surface area contributed by atoms with Crippen LogP contribution in [0.1, 0.15) is 28.7 Å². The first-order valence-corrected chi connectivity index (χ1v) is 8.82. The Kier molecular flexibility index (Phi) is 5.68. The molecular formula is C21H24N2O3. The van der Waals surface area contributed by atoms with Gasteiger partial charge in [0.15, 0.2) is 0 Å². The second kappa shape index (κ2) is 8.15. The number of carbonyl (C=O) groups is 2. The molecule has 0 saturated carbocycles. The molecule has 0 bridgehead atoms. The van der Waals surface area contributed by atoms with Crippen molar-refractivity contribution >= 4 is 11.9 Å². The van der Waals surface area contributed by atoms with Crippen LogP contribution >= 0.6 is 0 Å². The van der Waals surface area contributed by atoms with Crippen LogP contribution in [0.15, 0.2) is 48.5 Å². The van der Waals surface area contributed by atoms with E-state index in [2.05, 4.69) is 16.9 Å². The van der Waals surface area contributed by atoms with Gasteiger partial charge in [0.25, 0.3) is 0 Å². The van der Waals surface area contributed by atoms with Crippen molar-refractivity contribution in [2.24, 2.45) is 5.73 Å². The van der Waals surface area contributed by atoms with Gasteiger partial charge in [-0.15, -0.1) is 0 Å². The van der Waals surface area contributed by atoms with Crippen molar-refractivity contribution in [3.8, 4) is 0 Å². The maximum atomic E-state index is 12.6. The molecule has 2 aromatic carbocycles. The molecule has 1 unspecified atom stereocenters. The van der Waals surface area contributed by atoms with E-state index < -0.39 is 6.04 Å². The van der Waals surface area contributed by atoms with Crippen molar-refractivity contribution in [3.05, 3.63) is 70.8 Å². The Morgan fingerprint density at radius 1 is 1.04 bits per heavy atom. The number of hydrogen-bond donors (Lipinski definition) is 1. The second-order valence-electron chi connectivity index (χ2n) is 6.67. The Labute approximate surface area is 153 Å². The van der Waals surface area contributed by atoms with Crippen molar-refractivity contribution in [1.29, 1.82) is 0 Å². The fraction of sp³-hybridized carbons (Fsp3) is 0.333. The van der Waals surface area contributed by atoms with Crippen molar-refractivity contribution in [2.75, 3.05) is 7.11 Å². The predicted molar refractivity (Wildman–Crippen MR) is 99.2 cm³/mol. The van der Waals surface area contributed by atoms with E-state index in [0.29, 0.717) is 32.4 Å². The molecule has 0 aromatic heterocycles. The Morgan fingerprint density at radius 3 is 2.19 bits per heavy atom. The van der Waals surface area contributed by atoms with Gasteiger partial charge in [-0.05, 0) is 35.1 Å². The van der Waals surface area contributed by atoms with Crippen molar-refractivity contribution in [3.63, 3.8) is 0 Å².